The van der Waals surface area contributed by atoms with Crippen LogP contribution >= 0.6 is 11.3 Å². The summed E-state index contributed by atoms with van der Waals surface area (Å²) < 4.78 is 16.0. The summed E-state index contributed by atoms with van der Waals surface area (Å²) in [5, 5.41) is 17.8. The average molecular weight is 497 g/mol. The van der Waals surface area contributed by atoms with Gasteiger partial charge in [0.05, 0.1) is 28.8 Å². The van der Waals surface area contributed by atoms with Crippen LogP contribution in [-0.4, -0.2) is 36.1 Å². The summed E-state index contributed by atoms with van der Waals surface area (Å²) in [6.07, 6.45) is 0. The van der Waals surface area contributed by atoms with E-state index in [0.29, 0.717) is 16.2 Å². The summed E-state index contributed by atoms with van der Waals surface area (Å²) in [5.74, 6) is -1.28. The number of amides is 2. The van der Waals surface area contributed by atoms with E-state index in [1.165, 1.54) is 47.7 Å². The normalized spacial score (nSPS) is 15.2. The van der Waals surface area contributed by atoms with Crippen LogP contribution in [0.4, 0.5) is 10.5 Å². The van der Waals surface area contributed by atoms with Crippen molar-refractivity contribution >= 4 is 35.0 Å². The van der Waals surface area contributed by atoms with Gasteiger partial charge in [-0.15, -0.1) is 11.3 Å². The van der Waals surface area contributed by atoms with Crippen molar-refractivity contribution in [1.29, 1.82) is 0 Å². The number of carbonyl (C=O) groups excluding carboxylic acids is 3. The number of urea groups is 1. The number of thiophene rings is 1. The Morgan fingerprint density at radius 3 is 2.54 bits per heavy atom. The van der Waals surface area contributed by atoms with Crippen LogP contribution < -0.4 is 10.6 Å². The predicted molar refractivity (Wildman–Crippen MR) is 123 cm³/mol. The SMILES string of the molecule is CCOC(=O)C1=C(COC(=O)c2ccc(-c3ccc([N+](=O)[O-])cc3)o2)NC(=O)N[C@H]1c1cccs1. The summed E-state index contributed by atoms with van der Waals surface area (Å²) in [5.41, 5.74) is 0.690. The van der Waals surface area contributed by atoms with Crippen molar-refractivity contribution in [3.63, 3.8) is 0 Å². The van der Waals surface area contributed by atoms with Crippen molar-refractivity contribution in [2.75, 3.05) is 13.2 Å². The standard InChI is InChI=1S/C23H19N3O8S/c1-2-32-22(28)19-15(24-23(29)25-20(19)18-4-3-11-35-18)12-33-21(27)17-10-9-16(34-17)13-5-7-14(8-6-13)26(30)31/h3-11,20H,2,12H2,1H3,(H2,24,25,29)/t20-/m0/s1. The van der Waals surface area contributed by atoms with Gasteiger partial charge in [0.25, 0.3) is 5.69 Å². The Kier molecular flexibility index (Phi) is 6.92. The van der Waals surface area contributed by atoms with Crippen LogP contribution in [-0.2, 0) is 14.3 Å². The maximum Gasteiger partial charge on any atom is 0.374 e. The van der Waals surface area contributed by atoms with Crippen LogP contribution in [0, 0.1) is 10.1 Å². The molecule has 1 aliphatic heterocycles. The second-order valence-electron chi connectivity index (χ2n) is 7.20. The first-order chi connectivity index (χ1) is 16.9. The molecule has 0 aliphatic carbocycles. The molecule has 0 fully saturated rings. The molecule has 2 aromatic heterocycles. The van der Waals surface area contributed by atoms with Crippen molar-refractivity contribution < 1.29 is 33.2 Å². The fraction of sp³-hybridized carbons (Fsp3) is 0.174. The van der Waals surface area contributed by atoms with Crippen LogP contribution in [0.2, 0.25) is 0 Å². The molecule has 3 aromatic rings. The van der Waals surface area contributed by atoms with Gasteiger partial charge in [0.15, 0.2) is 0 Å². The van der Waals surface area contributed by atoms with E-state index in [1.54, 1.807) is 19.1 Å². The molecule has 0 saturated heterocycles. The molecule has 0 saturated carbocycles. The summed E-state index contributed by atoms with van der Waals surface area (Å²) in [7, 11) is 0. The average Bonchev–Trinajstić information content (AvgIpc) is 3.55. The quantitative estimate of drug-likeness (QED) is 0.270. The van der Waals surface area contributed by atoms with E-state index in [2.05, 4.69) is 10.6 Å². The molecule has 3 heterocycles. The van der Waals surface area contributed by atoms with Crippen molar-refractivity contribution in [2.24, 2.45) is 0 Å². The maximum atomic E-state index is 12.7. The third-order valence-corrected chi connectivity index (χ3v) is 5.93. The highest BCUT2D eigenvalue weighted by molar-refractivity contribution is 7.10. The van der Waals surface area contributed by atoms with Crippen LogP contribution in [0.3, 0.4) is 0 Å². The van der Waals surface area contributed by atoms with E-state index < -0.39 is 35.5 Å². The molecule has 1 aromatic carbocycles. The Morgan fingerprint density at radius 2 is 1.89 bits per heavy atom. The lowest BCUT2D eigenvalue weighted by molar-refractivity contribution is -0.384. The molecule has 2 N–H and O–H groups in total. The first-order valence-corrected chi connectivity index (χ1v) is 11.3. The number of nitro benzene ring substituents is 1. The summed E-state index contributed by atoms with van der Waals surface area (Å²) in [6, 6.07) is 10.8. The van der Waals surface area contributed by atoms with Gasteiger partial charge in [-0.25, -0.2) is 14.4 Å². The fourth-order valence-electron chi connectivity index (χ4n) is 3.41. The second kappa shape index (κ2) is 10.2. The monoisotopic (exact) mass is 497 g/mol. The summed E-state index contributed by atoms with van der Waals surface area (Å²) >= 11 is 1.35. The van der Waals surface area contributed by atoms with E-state index in [1.807, 2.05) is 5.38 Å². The fourth-order valence-corrected chi connectivity index (χ4v) is 4.19. The number of nitro groups is 1. The number of furan rings is 1. The van der Waals surface area contributed by atoms with Crippen molar-refractivity contribution in [1.82, 2.24) is 10.6 Å². The lowest BCUT2D eigenvalue weighted by Gasteiger charge is -2.28. The van der Waals surface area contributed by atoms with Gasteiger partial charge in [-0.2, -0.15) is 0 Å². The van der Waals surface area contributed by atoms with Gasteiger partial charge < -0.3 is 24.5 Å². The van der Waals surface area contributed by atoms with Crippen LogP contribution in [0.25, 0.3) is 11.3 Å². The molecule has 35 heavy (non-hydrogen) atoms. The molecule has 0 spiro atoms. The first-order valence-electron chi connectivity index (χ1n) is 10.4. The van der Waals surface area contributed by atoms with E-state index in [9.17, 15) is 24.5 Å². The van der Waals surface area contributed by atoms with E-state index in [-0.39, 0.29) is 29.3 Å². The van der Waals surface area contributed by atoms with E-state index in [0.717, 1.165) is 0 Å². The Balaban J connectivity index is 1.53. The molecule has 1 atom stereocenters. The topological polar surface area (TPSA) is 150 Å². The molecule has 0 radical (unpaired) electrons. The molecule has 180 valence electrons. The predicted octanol–water partition coefficient (Wildman–Crippen LogP) is 3.94. The minimum Gasteiger partial charge on any atom is -0.463 e. The van der Waals surface area contributed by atoms with Crippen LogP contribution in [0.5, 0.6) is 0 Å². The number of esters is 2. The second-order valence-corrected chi connectivity index (χ2v) is 8.18. The highest BCUT2D eigenvalue weighted by Crippen LogP contribution is 2.31. The minimum absolute atomic E-state index is 0.0736. The van der Waals surface area contributed by atoms with Gasteiger partial charge >= 0.3 is 18.0 Å². The number of carbonyl (C=O) groups is 3. The molecule has 1 aliphatic rings. The smallest absolute Gasteiger partial charge is 0.374 e. The highest BCUT2D eigenvalue weighted by Gasteiger charge is 2.35. The zero-order chi connectivity index (χ0) is 24.9. The van der Waals surface area contributed by atoms with Gasteiger partial charge in [-0.3, -0.25) is 10.1 Å². The van der Waals surface area contributed by atoms with Crippen molar-refractivity contribution in [3.05, 3.63) is 85.9 Å². The molecule has 0 unspecified atom stereocenters. The number of ether oxygens (including phenoxy) is 2. The van der Waals surface area contributed by atoms with E-state index >= 15 is 0 Å². The lowest BCUT2D eigenvalue weighted by atomic mass is 10.0. The first kappa shape index (κ1) is 23.7. The molecule has 2 amide bonds. The number of nitrogens with one attached hydrogen (secondary N) is 2. The Labute approximate surface area is 202 Å². The Bertz CT molecular complexity index is 1290. The Hall–Kier alpha value is -4.45. The van der Waals surface area contributed by atoms with Gasteiger partial charge in [-0.05, 0) is 42.6 Å². The molecular weight excluding hydrogens is 478 g/mol. The third-order valence-electron chi connectivity index (χ3n) is 4.99. The number of hydrogen-bond donors (Lipinski definition) is 2. The molecule has 0 bridgehead atoms. The Morgan fingerprint density at radius 1 is 1.11 bits per heavy atom. The largest absolute Gasteiger partial charge is 0.463 e. The number of non-ortho nitro benzene ring substituents is 1. The zero-order valence-electron chi connectivity index (χ0n) is 18.3. The molecule has 12 heteroatoms. The molecule has 4 rings (SSSR count). The zero-order valence-corrected chi connectivity index (χ0v) is 19.1. The van der Waals surface area contributed by atoms with Gasteiger partial charge in [-0.1, -0.05) is 6.07 Å². The van der Waals surface area contributed by atoms with Gasteiger partial charge in [0, 0.05) is 22.6 Å². The third kappa shape index (κ3) is 5.22. The summed E-state index contributed by atoms with van der Waals surface area (Å²) in [4.78, 5) is 48.5. The summed E-state index contributed by atoms with van der Waals surface area (Å²) in [6.45, 7) is 1.38. The molecular formula is C23H19N3O8S. The maximum absolute atomic E-state index is 12.7. The lowest BCUT2D eigenvalue weighted by Crippen LogP contribution is -2.46. The van der Waals surface area contributed by atoms with Crippen LogP contribution in [0.1, 0.15) is 28.4 Å². The number of rotatable bonds is 8. The van der Waals surface area contributed by atoms with Gasteiger partial charge in [0.2, 0.25) is 5.76 Å². The minimum atomic E-state index is -0.825. The number of benzene rings is 1. The van der Waals surface area contributed by atoms with E-state index in [4.69, 9.17) is 13.9 Å². The van der Waals surface area contributed by atoms with Crippen molar-refractivity contribution in [3.8, 4) is 11.3 Å². The van der Waals surface area contributed by atoms with Crippen molar-refractivity contribution in [2.45, 2.75) is 13.0 Å². The van der Waals surface area contributed by atoms with Crippen LogP contribution in [0.15, 0.2) is 69.6 Å². The molecule has 11 nitrogen and oxygen atoms in total. The number of nitrogens with zero attached hydrogens (tertiary/aromatic N) is 1. The highest BCUT2D eigenvalue weighted by atomic mass is 32.1. The number of hydrogen-bond acceptors (Lipinski definition) is 9. The van der Waals surface area contributed by atoms with Gasteiger partial charge in [0.1, 0.15) is 12.4 Å².